The molecule has 0 saturated heterocycles. The van der Waals surface area contributed by atoms with E-state index in [1.165, 1.54) is 30.3 Å². The monoisotopic (exact) mass is 421 g/mol. The Kier molecular flexibility index (Phi) is 5.70. The van der Waals surface area contributed by atoms with Gasteiger partial charge in [-0.1, -0.05) is 12.1 Å². The molecule has 0 aliphatic heterocycles. The average molecular weight is 421 g/mol. The first-order chi connectivity index (χ1) is 9.40. The van der Waals surface area contributed by atoms with E-state index in [1.807, 2.05) is 22.6 Å². The number of anilines is 1. The number of hydrogen-bond acceptors (Lipinski definition) is 3. The highest BCUT2D eigenvalue weighted by Crippen LogP contribution is 2.21. The lowest BCUT2D eigenvalue weighted by atomic mass is 10.2. The van der Waals surface area contributed by atoms with Crippen molar-refractivity contribution in [3.05, 3.63) is 57.7 Å². The van der Waals surface area contributed by atoms with Crippen molar-refractivity contribution in [3.63, 3.8) is 0 Å². The fourth-order valence-corrected chi connectivity index (χ4v) is 3.95. The van der Waals surface area contributed by atoms with Gasteiger partial charge in [-0.2, -0.15) is 0 Å². The maximum Gasteiger partial charge on any atom is 0.335 e. The van der Waals surface area contributed by atoms with Crippen molar-refractivity contribution in [2.45, 2.75) is 4.90 Å². The van der Waals surface area contributed by atoms with Crippen LogP contribution in [0.25, 0.3) is 0 Å². The van der Waals surface area contributed by atoms with E-state index >= 15 is 0 Å². The predicted octanol–water partition coefficient (Wildman–Crippen LogP) is 1.97. The van der Waals surface area contributed by atoms with Crippen molar-refractivity contribution >= 4 is 44.3 Å². The predicted molar refractivity (Wildman–Crippen MR) is 87.0 cm³/mol. The van der Waals surface area contributed by atoms with Gasteiger partial charge in [0.05, 0.1) is 5.56 Å². The van der Waals surface area contributed by atoms with Crippen LogP contribution in [0.2, 0.25) is 0 Å². The Hall–Kier alpha value is -1.65. The smallest absolute Gasteiger partial charge is 0.335 e. The molecule has 2 aromatic carbocycles. The zero-order chi connectivity index (χ0) is 14.8. The number of rotatable bonds is 4. The Morgan fingerprint density at radius 2 is 1.62 bits per heavy atom. The molecule has 4 N–H and O–H groups in total. The van der Waals surface area contributed by atoms with Gasteiger partial charge < -0.3 is 10.6 Å². The molecule has 2 aromatic rings. The van der Waals surface area contributed by atoms with E-state index < -0.39 is 16.0 Å². The number of sulfonamides is 1. The van der Waals surface area contributed by atoms with Crippen LogP contribution in [-0.4, -0.2) is 25.0 Å². The third kappa shape index (κ3) is 4.16. The molecule has 0 bridgehead atoms. The van der Waals surface area contributed by atoms with E-state index in [2.05, 4.69) is 4.72 Å². The van der Waals surface area contributed by atoms with Crippen LogP contribution >= 0.6 is 22.6 Å². The molecule has 112 valence electrons. The lowest BCUT2D eigenvalue weighted by Gasteiger charge is -2.09. The minimum Gasteiger partial charge on any atom is -0.478 e. The molecule has 0 unspecified atom stereocenters. The number of benzene rings is 2. The Bertz CT molecular complexity index is 743. The molecule has 21 heavy (non-hydrogen) atoms. The SMILES string of the molecule is O.O=C(O)c1ccc(NS(=O)(=O)c2ccccc2I)cc1. The number of halogens is 1. The van der Waals surface area contributed by atoms with E-state index in [-0.39, 0.29) is 15.9 Å². The summed E-state index contributed by atoms with van der Waals surface area (Å²) >= 11 is 1.95. The zero-order valence-electron chi connectivity index (χ0n) is 10.6. The lowest BCUT2D eigenvalue weighted by molar-refractivity contribution is 0.0697. The van der Waals surface area contributed by atoms with Crippen molar-refractivity contribution in [3.8, 4) is 0 Å². The molecule has 0 fully saturated rings. The van der Waals surface area contributed by atoms with Crippen LogP contribution < -0.4 is 4.72 Å². The summed E-state index contributed by atoms with van der Waals surface area (Å²) < 4.78 is 27.4. The number of carboxylic acid groups (broad SMARTS) is 1. The van der Waals surface area contributed by atoms with Gasteiger partial charge in [0, 0.05) is 9.26 Å². The fourth-order valence-electron chi connectivity index (χ4n) is 1.55. The maximum absolute atomic E-state index is 12.2. The second-order valence-corrected chi connectivity index (χ2v) is 6.73. The Labute approximate surface area is 135 Å². The Morgan fingerprint density at radius 1 is 1.05 bits per heavy atom. The van der Waals surface area contributed by atoms with Gasteiger partial charge in [0.25, 0.3) is 10.0 Å². The summed E-state index contributed by atoms with van der Waals surface area (Å²) in [5, 5.41) is 8.78. The Morgan fingerprint density at radius 3 is 2.14 bits per heavy atom. The molecular weight excluding hydrogens is 409 g/mol. The number of carboxylic acids is 1. The first-order valence-corrected chi connectivity index (χ1v) is 8.07. The molecule has 8 heteroatoms. The van der Waals surface area contributed by atoms with Gasteiger partial charge in [-0.25, -0.2) is 13.2 Å². The third-order valence-electron chi connectivity index (χ3n) is 2.51. The van der Waals surface area contributed by atoms with Crippen molar-refractivity contribution in [1.82, 2.24) is 0 Å². The minimum absolute atomic E-state index is 0. The summed E-state index contributed by atoms with van der Waals surface area (Å²) in [6.45, 7) is 0. The highest BCUT2D eigenvalue weighted by molar-refractivity contribution is 14.1. The average Bonchev–Trinajstić information content (AvgIpc) is 2.39. The lowest BCUT2D eigenvalue weighted by Crippen LogP contribution is -2.14. The molecule has 0 spiro atoms. The summed E-state index contributed by atoms with van der Waals surface area (Å²) in [6.07, 6.45) is 0. The molecule has 0 atom stereocenters. The van der Waals surface area contributed by atoms with Gasteiger partial charge in [0.15, 0.2) is 0 Å². The molecule has 2 rings (SSSR count). The molecule has 0 aliphatic rings. The van der Waals surface area contributed by atoms with E-state index in [0.717, 1.165) is 0 Å². The summed E-state index contributed by atoms with van der Waals surface area (Å²) in [7, 11) is -3.68. The van der Waals surface area contributed by atoms with Crippen LogP contribution in [-0.2, 0) is 10.0 Å². The Balaban J connectivity index is 0.00000220. The van der Waals surface area contributed by atoms with Gasteiger partial charge in [0.2, 0.25) is 0 Å². The summed E-state index contributed by atoms with van der Waals surface area (Å²) in [4.78, 5) is 10.9. The minimum atomic E-state index is -3.68. The van der Waals surface area contributed by atoms with Crippen LogP contribution in [0.1, 0.15) is 10.4 Å². The van der Waals surface area contributed by atoms with E-state index in [9.17, 15) is 13.2 Å². The quantitative estimate of drug-likeness (QED) is 0.735. The molecule has 6 nitrogen and oxygen atoms in total. The highest BCUT2D eigenvalue weighted by Gasteiger charge is 2.17. The van der Waals surface area contributed by atoms with Gasteiger partial charge in [-0.15, -0.1) is 0 Å². The van der Waals surface area contributed by atoms with Crippen LogP contribution in [0, 0.1) is 3.57 Å². The van der Waals surface area contributed by atoms with Crippen molar-refractivity contribution < 1.29 is 23.8 Å². The first-order valence-electron chi connectivity index (χ1n) is 5.51. The number of hydrogen-bond donors (Lipinski definition) is 2. The van der Waals surface area contributed by atoms with Gasteiger partial charge in [-0.3, -0.25) is 4.72 Å². The molecule has 0 aliphatic carbocycles. The zero-order valence-corrected chi connectivity index (χ0v) is 13.6. The summed E-state index contributed by atoms with van der Waals surface area (Å²) in [5.41, 5.74) is 0.414. The number of carbonyl (C=O) groups is 1. The standard InChI is InChI=1S/C13H10INO4S.H2O/c14-11-3-1-2-4-12(11)20(18,19)15-10-7-5-9(6-8-10)13(16)17;/h1-8,15H,(H,16,17);1H2. The topological polar surface area (TPSA) is 115 Å². The number of nitrogens with one attached hydrogen (secondary N) is 1. The molecule has 0 radical (unpaired) electrons. The van der Waals surface area contributed by atoms with Crippen molar-refractivity contribution in [2.24, 2.45) is 0 Å². The van der Waals surface area contributed by atoms with Gasteiger partial charge >= 0.3 is 5.97 Å². The molecule has 0 amide bonds. The second-order valence-electron chi connectivity index (χ2n) is 3.92. The van der Waals surface area contributed by atoms with Gasteiger partial charge in [0.1, 0.15) is 4.90 Å². The van der Waals surface area contributed by atoms with Crippen LogP contribution in [0.4, 0.5) is 5.69 Å². The van der Waals surface area contributed by atoms with E-state index in [0.29, 0.717) is 9.26 Å². The number of aromatic carboxylic acids is 1. The van der Waals surface area contributed by atoms with Crippen molar-refractivity contribution in [1.29, 1.82) is 0 Å². The molecule has 0 heterocycles. The summed E-state index contributed by atoms with van der Waals surface area (Å²) in [5.74, 6) is -1.06. The molecule has 0 saturated carbocycles. The normalized spacial score (nSPS) is 10.5. The highest BCUT2D eigenvalue weighted by atomic mass is 127. The van der Waals surface area contributed by atoms with E-state index in [1.54, 1.807) is 18.2 Å². The largest absolute Gasteiger partial charge is 0.478 e. The van der Waals surface area contributed by atoms with Gasteiger partial charge in [-0.05, 0) is 59.0 Å². The summed E-state index contributed by atoms with van der Waals surface area (Å²) in [6, 6.07) is 12.1. The molecular formula is C13H12INO5S. The second kappa shape index (κ2) is 6.87. The third-order valence-corrected chi connectivity index (χ3v) is 5.26. The maximum atomic E-state index is 12.2. The fraction of sp³-hybridized carbons (Fsp3) is 0. The van der Waals surface area contributed by atoms with Crippen LogP contribution in [0.15, 0.2) is 53.4 Å². The van der Waals surface area contributed by atoms with E-state index in [4.69, 9.17) is 5.11 Å². The first kappa shape index (κ1) is 17.4. The van der Waals surface area contributed by atoms with Crippen molar-refractivity contribution in [2.75, 3.05) is 4.72 Å². The van der Waals surface area contributed by atoms with Crippen LogP contribution in [0.5, 0.6) is 0 Å². The van der Waals surface area contributed by atoms with Crippen LogP contribution in [0.3, 0.4) is 0 Å². The molecule has 0 aromatic heterocycles.